The minimum atomic E-state index is 0.0229. The summed E-state index contributed by atoms with van der Waals surface area (Å²) >= 11 is 11.8. The lowest BCUT2D eigenvalue weighted by Gasteiger charge is -2.07. The van der Waals surface area contributed by atoms with Crippen LogP contribution >= 0.6 is 23.2 Å². The summed E-state index contributed by atoms with van der Waals surface area (Å²) in [5.41, 5.74) is 1.37. The maximum atomic E-state index is 8.56. The smallest absolute Gasteiger partial charge is 0.145 e. The van der Waals surface area contributed by atoms with Crippen LogP contribution in [-0.4, -0.2) is 41.4 Å². The number of hydrogen-bond acceptors (Lipinski definition) is 5. The van der Waals surface area contributed by atoms with Gasteiger partial charge in [0.2, 0.25) is 0 Å². The predicted octanol–water partition coefficient (Wildman–Crippen LogP) is 2.36. The second-order valence-electron chi connectivity index (χ2n) is 3.77. The van der Waals surface area contributed by atoms with E-state index in [4.69, 9.17) is 33.0 Å². The van der Waals surface area contributed by atoms with Gasteiger partial charge in [0.1, 0.15) is 5.82 Å². The Balaban J connectivity index is 2.03. The molecular formula is C12H13Cl2N3O2. The largest absolute Gasteiger partial charge is 0.394 e. The van der Waals surface area contributed by atoms with Crippen molar-refractivity contribution in [1.82, 2.24) is 9.97 Å². The van der Waals surface area contributed by atoms with Crippen LogP contribution in [0.25, 0.3) is 11.0 Å². The number of fused-ring (bicyclic) bond motifs is 1. The fraction of sp³-hybridized carbons (Fsp3) is 0.333. The number of halogens is 2. The van der Waals surface area contributed by atoms with Crippen molar-refractivity contribution < 1.29 is 9.84 Å². The standard InChI is InChI=1S/C12H13Cl2N3O2/c13-8-5-10-11(6-9(8)14)17-12(7-16-10)15-1-3-19-4-2-18/h5-7,18H,1-4H2,(H,15,17). The van der Waals surface area contributed by atoms with Crippen LogP contribution < -0.4 is 5.32 Å². The van der Waals surface area contributed by atoms with Gasteiger partial charge in [0.15, 0.2) is 0 Å². The number of ether oxygens (including phenoxy) is 1. The molecule has 1 aromatic carbocycles. The Morgan fingerprint density at radius 2 is 1.89 bits per heavy atom. The zero-order chi connectivity index (χ0) is 13.7. The van der Waals surface area contributed by atoms with Crippen molar-refractivity contribution in [2.24, 2.45) is 0 Å². The summed E-state index contributed by atoms with van der Waals surface area (Å²) in [4.78, 5) is 8.62. The number of nitrogens with zero attached hydrogens (tertiary/aromatic N) is 2. The van der Waals surface area contributed by atoms with Gasteiger partial charge >= 0.3 is 0 Å². The van der Waals surface area contributed by atoms with Crippen LogP contribution in [0.15, 0.2) is 18.3 Å². The quantitative estimate of drug-likeness (QED) is 0.802. The first-order valence-corrected chi connectivity index (χ1v) is 6.50. The van der Waals surface area contributed by atoms with E-state index in [1.807, 2.05) is 0 Å². The Morgan fingerprint density at radius 3 is 2.63 bits per heavy atom. The zero-order valence-electron chi connectivity index (χ0n) is 10.1. The van der Waals surface area contributed by atoms with Gasteiger partial charge in [0.25, 0.3) is 0 Å². The van der Waals surface area contributed by atoms with Crippen molar-refractivity contribution >= 4 is 40.1 Å². The molecule has 7 heteroatoms. The third-order valence-corrected chi connectivity index (χ3v) is 3.09. The minimum Gasteiger partial charge on any atom is -0.394 e. The Hall–Kier alpha value is -1.14. The van der Waals surface area contributed by atoms with Gasteiger partial charge in [-0.3, -0.25) is 4.98 Å². The summed E-state index contributed by atoms with van der Waals surface area (Å²) in [5.74, 6) is 0.637. The molecule has 0 amide bonds. The van der Waals surface area contributed by atoms with Gasteiger partial charge in [0, 0.05) is 6.54 Å². The highest BCUT2D eigenvalue weighted by Gasteiger charge is 2.04. The first-order valence-electron chi connectivity index (χ1n) is 5.75. The van der Waals surface area contributed by atoms with Crippen molar-refractivity contribution in [2.45, 2.75) is 0 Å². The average molecular weight is 302 g/mol. The van der Waals surface area contributed by atoms with Crippen molar-refractivity contribution in [1.29, 1.82) is 0 Å². The molecule has 0 saturated heterocycles. The first kappa shape index (κ1) is 14.3. The summed E-state index contributed by atoms with van der Waals surface area (Å²) in [5, 5.41) is 12.5. The molecule has 102 valence electrons. The summed E-state index contributed by atoms with van der Waals surface area (Å²) < 4.78 is 5.13. The van der Waals surface area contributed by atoms with E-state index in [9.17, 15) is 0 Å². The predicted molar refractivity (Wildman–Crippen MR) is 76.0 cm³/mol. The molecule has 0 saturated carbocycles. The molecule has 0 atom stereocenters. The topological polar surface area (TPSA) is 67.3 Å². The second kappa shape index (κ2) is 6.86. The van der Waals surface area contributed by atoms with E-state index in [0.29, 0.717) is 46.7 Å². The Kier molecular flexibility index (Phi) is 5.15. The molecule has 1 heterocycles. The fourth-order valence-electron chi connectivity index (χ4n) is 1.51. The van der Waals surface area contributed by atoms with E-state index in [2.05, 4.69) is 15.3 Å². The number of nitrogens with one attached hydrogen (secondary N) is 1. The first-order chi connectivity index (χ1) is 9.20. The van der Waals surface area contributed by atoms with Gasteiger partial charge in [-0.25, -0.2) is 4.98 Å². The molecule has 0 radical (unpaired) electrons. The normalized spacial score (nSPS) is 10.9. The molecule has 0 aliphatic rings. The number of hydrogen-bond donors (Lipinski definition) is 2. The van der Waals surface area contributed by atoms with Gasteiger partial charge in [0.05, 0.1) is 47.1 Å². The van der Waals surface area contributed by atoms with E-state index < -0.39 is 0 Å². The molecule has 19 heavy (non-hydrogen) atoms. The third-order valence-electron chi connectivity index (χ3n) is 2.37. The second-order valence-corrected chi connectivity index (χ2v) is 4.59. The summed E-state index contributed by atoms with van der Waals surface area (Å²) in [6.07, 6.45) is 1.62. The van der Waals surface area contributed by atoms with E-state index in [1.54, 1.807) is 18.3 Å². The van der Waals surface area contributed by atoms with Crippen LogP contribution in [0.1, 0.15) is 0 Å². The number of aliphatic hydroxyl groups is 1. The lowest BCUT2D eigenvalue weighted by molar-refractivity contribution is 0.0992. The summed E-state index contributed by atoms with van der Waals surface area (Å²) in [6.45, 7) is 1.43. The number of rotatable bonds is 6. The molecule has 1 aromatic heterocycles. The molecular weight excluding hydrogens is 289 g/mol. The van der Waals surface area contributed by atoms with Crippen LogP contribution in [-0.2, 0) is 4.74 Å². The van der Waals surface area contributed by atoms with Gasteiger partial charge in [-0.15, -0.1) is 0 Å². The molecule has 2 aromatic rings. The van der Waals surface area contributed by atoms with Gasteiger partial charge in [-0.1, -0.05) is 23.2 Å². The Bertz CT molecular complexity index is 566. The van der Waals surface area contributed by atoms with Gasteiger partial charge in [-0.05, 0) is 12.1 Å². The lowest BCUT2D eigenvalue weighted by Crippen LogP contribution is -2.12. The van der Waals surface area contributed by atoms with Crippen LogP contribution in [0.4, 0.5) is 5.82 Å². The van der Waals surface area contributed by atoms with Crippen molar-refractivity contribution in [3.63, 3.8) is 0 Å². The number of benzene rings is 1. The number of aromatic nitrogens is 2. The molecule has 5 nitrogen and oxygen atoms in total. The summed E-state index contributed by atoms with van der Waals surface area (Å²) in [6, 6.07) is 3.36. The SMILES string of the molecule is OCCOCCNc1cnc2cc(Cl)c(Cl)cc2n1. The molecule has 2 rings (SSSR count). The van der Waals surface area contributed by atoms with E-state index in [0.717, 1.165) is 0 Å². The Morgan fingerprint density at radius 1 is 1.16 bits per heavy atom. The molecule has 0 spiro atoms. The lowest BCUT2D eigenvalue weighted by atomic mass is 10.3. The average Bonchev–Trinajstić information content (AvgIpc) is 2.40. The molecule has 0 aliphatic heterocycles. The number of aliphatic hydroxyl groups excluding tert-OH is 1. The summed E-state index contributed by atoms with van der Waals surface area (Å²) in [7, 11) is 0. The monoisotopic (exact) mass is 301 g/mol. The molecule has 0 fully saturated rings. The van der Waals surface area contributed by atoms with Crippen molar-refractivity contribution in [3.05, 3.63) is 28.4 Å². The molecule has 0 aliphatic carbocycles. The van der Waals surface area contributed by atoms with Crippen molar-refractivity contribution in [2.75, 3.05) is 31.7 Å². The molecule has 2 N–H and O–H groups in total. The minimum absolute atomic E-state index is 0.0229. The van der Waals surface area contributed by atoms with Gasteiger partial charge < -0.3 is 15.2 Å². The van der Waals surface area contributed by atoms with Crippen LogP contribution in [0, 0.1) is 0 Å². The van der Waals surface area contributed by atoms with Gasteiger partial charge in [-0.2, -0.15) is 0 Å². The van der Waals surface area contributed by atoms with E-state index in [-0.39, 0.29) is 6.61 Å². The highest BCUT2D eigenvalue weighted by atomic mass is 35.5. The fourth-order valence-corrected chi connectivity index (χ4v) is 1.83. The highest BCUT2D eigenvalue weighted by Crippen LogP contribution is 2.26. The van der Waals surface area contributed by atoms with Crippen LogP contribution in [0.5, 0.6) is 0 Å². The third kappa shape index (κ3) is 3.91. The van der Waals surface area contributed by atoms with E-state index in [1.165, 1.54) is 0 Å². The number of anilines is 1. The molecule has 0 bridgehead atoms. The zero-order valence-corrected chi connectivity index (χ0v) is 11.6. The van der Waals surface area contributed by atoms with Crippen LogP contribution in [0.3, 0.4) is 0 Å². The maximum Gasteiger partial charge on any atom is 0.145 e. The van der Waals surface area contributed by atoms with E-state index >= 15 is 0 Å². The maximum absolute atomic E-state index is 8.56. The Labute approximate surface area is 120 Å². The highest BCUT2D eigenvalue weighted by molar-refractivity contribution is 6.42. The van der Waals surface area contributed by atoms with Crippen LogP contribution in [0.2, 0.25) is 10.0 Å². The van der Waals surface area contributed by atoms with Crippen molar-refractivity contribution in [3.8, 4) is 0 Å². The molecule has 0 unspecified atom stereocenters.